The van der Waals surface area contributed by atoms with Gasteiger partial charge in [0.05, 0.1) is 6.54 Å². The van der Waals surface area contributed by atoms with Crippen LogP contribution in [0, 0.1) is 0 Å². The average molecular weight is 199 g/mol. The Labute approximate surface area is 86.0 Å². The second kappa shape index (κ2) is 5.98. The van der Waals surface area contributed by atoms with E-state index in [1.165, 1.54) is 25.9 Å². The van der Waals surface area contributed by atoms with Crippen molar-refractivity contribution in [3.63, 3.8) is 0 Å². The van der Waals surface area contributed by atoms with E-state index in [9.17, 15) is 4.79 Å². The van der Waals surface area contributed by atoms with Crippen LogP contribution >= 0.6 is 0 Å². The molecule has 0 aliphatic carbocycles. The van der Waals surface area contributed by atoms with Crippen LogP contribution in [0.25, 0.3) is 0 Å². The van der Waals surface area contributed by atoms with Gasteiger partial charge in [0.15, 0.2) is 0 Å². The van der Waals surface area contributed by atoms with Gasteiger partial charge in [0.1, 0.15) is 0 Å². The van der Waals surface area contributed by atoms with Crippen LogP contribution in [0.1, 0.15) is 19.8 Å². The van der Waals surface area contributed by atoms with Gasteiger partial charge in [-0.25, -0.2) is 0 Å². The quantitative estimate of drug-likeness (QED) is 0.645. The van der Waals surface area contributed by atoms with Crippen LogP contribution in [0.2, 0.25) is 0 Å². The van der Waals surface area contributed by atoms with E-state index in [-0.39, 0.29) is 11.9 Å². The molecule has 0 bridgehead atoms. The Hall–Kier alpha value is -0.610. The summed E-state index contributed by atoms with van der Waals surface area (Å²) in [7, 11) is 1.78. The molecule has 1 aliphatic rings. The fraction of sp³-hybridized carbons (Fsp3) is 0.900. The molecule has 0 spiro atoms. The molecule has 1 unspecified atom stereocenters. The maximum atomic E-state index is 11.2. The van der Waals surface area contributed by atoms with Gasteiger partial charge in [0, 0.05) is 12.6 Å². The largest absolute Gasteiger partial charge is 0.351 e. The fourth-order valence-corrected chi connectivity index (χ4v) is 1.88. The van der Waals surface area contributed by atoms with E-state index in [0.29, 0.717) is 6.54 Å². The summed E-state index contributed by atoms with van der Waals surface area (Å²) in [5.41, 5.74) is 0. The van der Waals surface area contributed by atoms with E-state index in [2.05, 4.69) is 22.5 Å². The van der Waals surface area contributed by atoms with Gasteiger partial charge in [0.2, 0.25) is 5.91 Å². The molecule has 1 atom stereocenters. The molecule has 1 heterocycles. The standard InChI is InChI=1S/C10H21N3O/c1-9(12-10(14)7-11-2)8-13-5-3-4-6-13/h9,11H,3-8H2,1-2H3,(H,12,14). The number of carbonyl (C=O) groups excluding carboxylic acids is 1. The zero-order valence-electron chi connectivity index (χ0n) is 9.18. The van der Waals surface area contributed by atoms with Crippen LogP contribution in [0.15, 0.2) is 0 Å². The van der Waals surface area contributed by atoms with Crippen molar-refractivity contribution in [3.05, 3.63) is 0 Å². The monoisotopic (exact) mass is 199 g/mol. The topological polar surface area (TPSA) is 44.4 Å². The third kappa shape index (κ3) is 4.07. The maximum absolute atomic E-state index is 11.2. The molecule has 4 nitrogen and oxygen atoms in total. The SMILES string of the molecule is CNCC(=O)NC(C)CN1CCCC1. The number of nitrogens with one attached hydrogen (secondary N) is 2. The molecular formula is C10H21N3O. The highest BCUT2D eigenvalue weighted by Gasteiger charge is 2.15. The van der Waals surface area contributed by atoms with Crippen molar-refractivity contribution >= 4 is 5.91 Å². The van der Waals surface area contributed by atoms with Crippen LogP contribution in [-0.2, 0) is 4.79 Å². The first-order chi connectivity index (χ1) is 6.72. The van der Waals surface area contributed by atoms with E-state index in [1.54, 1.807) is 7.05 Å². The molecule has 4 heteroatoms. The molecule has 1 fully saturated rings. The van der Waals surface area contributed by atoms with E-state index in [1.807, 2.05) is 0 Å². The smallest absolute Gasteiger partial charge is 0.234 e. The molecule has 0 aromatic heterocycles. The molecule has 1 amide bonds. The summed E-state index contributed by atoms with van der Waals surface area (Å²) in [4.78, 5) is 13.6. The summed E-state index contributed by atoms with van der Waals surface area (Å²) < 4.78 is 0. The second-order valence-corrected chi connectivity index (χ2v) is 4.01. The molecule has 0 aromatic rings. The number of hydrogen-bond donors (Lipinski definition) is 2. The Kier molecular flexibility index (Phi) is 4.90. The van der Waals surface area contributed by atoms with Crippen LogP contribution in [0.3, 0.4) is 0 Å². The highest BCUT2D eigenvalue weighted by molar-refractivity contribution is 5.78. The lowest BCUT2D eigenvalue weighted by Gasteiger charge is -2.21. The number of amides is 1. The minimum atomic E-state index is 0.0826. The zero-order valence-corrected chi connectivity index (χ0v) is 9.18. The first kappa shape index (κ1) is 11.5. The Morgan fingerprint density at radius 1 is 1.43 bits per heavy atom. The van der Waals surface area contributed by atoms with Crippen LogP contribution in [0.4, 0.5) is 0 Å². The van der Waals surface area contributed by atoms with Crippen molar-refractivity contribution in [3.8, 4) is 0 Å². The van der Waals surface area contributed by atoms with Gasteiger partial charge >= 0.3 is 0 Å². The average Bonchev–Trinajstić information content (AvgIpc) is 2.56. The molecule has 0 saturated carbocycles. The first-order valence-corrected chi connectivity index (χ1v) is 5.38. The molecule has 1 rings (SSSR count). The van der Waals surface area contributed by atoms with Crippen molar-refractivity contribution in [1.29, 1.82) is 0 Å². The van der Waals surface area contributed by atoms with E-state index < -0.39 is 0 Å². The second-order valence-electron chi connectivity index (χ2n) is 4.01. The summed E-state index contributed by atoms with van der Waals surface area (Å²) in [6, 6.07) is 0.258. The molecule has 14 heavy (non-hydrogen) atoms. The minimum Gasteiger partial charge on any atom is -0.351 e. The van der Waals surface area contributed by atoms with Crippen LogP contribution in [-0.4, -0.2) is 50.1 Å². The van der Waals surface area contributed by atoms with Gasteiger partial charge < -0.3 is 15.5 Å². The predicted molar refractivity (Wildman–Crippen MR) is 57.2 cm³/mol. The third-order valence-corrected chi connectivity index (χ3v) is 2.48. The Balaban J connectivity index is 2.14. The van der Waals surface area contributed by atoms with Gasteiger partial charge in [-0.3, -0.25) is 4.79 Å². The van der Waals surface area contributed by atoms with Crippen molar-refractivity contribution in [2.45, 2.75) is 25.8 Å². The Morgan fingerprint density at radius 2 is 2.07 bits per heavy atom. The number of carbonyl (C=O) groups is 1. The molecular weight excluding hydrogens is 178 g/mol. The molecule has 2 N–H and O–H groups in total. The zero-order chi connectivity index (χ0) is 10.4. The van der Waals surface area contributed by atoms with Gasteiger partial charge in [0.25, 0.3) is 0 Å². The van der Waals surface area contributed by atoms with Crippen molar-refractivity contribution in [2.75, 3.05) is 33.2 Å². The summed E-state index contributed by atoms with van der Waals surface area (Å²) in [6.07, 6.45) is 2.61. The van der Waals surface area contributed by atoms with Crippen molar-refractivity contribution in [1.82, 2.24) is 15.5 Å². The summed E-state index contributed by atoms with van der Waals surface area (Å²) in [5, 5.41) is 5.81. The number of likely N-dealkylation sites (N-methyl/N-ethyl adjacent to an activating group) is 1. The van der Waals surface area contributed by atoms with Gasteiger partial charge in [-0.1, -0.05) is 0 Å². The number of rotatable bonds is 5. The molecule has 0 aromatic carbocycles. The molecule has 0 radical (unpaired) electrons. The summed E-state index contributed by atoms with van der Waals surface area (Å²) in [5.74, 6) is 0.0826. The number of likely N-dealkylation sites (tertiary alicyclic amines) is 1. The fourth-order valence-electron chi connectivity index (χ4n) is 1.88. The molecule has 1 saturated heterocycles. The minimum absolute atomic E-state index is 0.0826. The van der Waals surface area contributed by atoms with Crippen LogP contribution in [0.5, 0.6) is 0 Å². The van der Waals surface area contributed by atoms with Gasteiger partial charge in [-0.15, -0.1) is 0 Å². The first-order valence-electron chi connectivity index (χ1n) is 5.38. The summed E-state index contributed by atoms with van der Waals surface area (Å²) >= 11 is 0. The number of nitrogens with zero attached hydrogens (tertiary/aromatic N) is 1. The predicted octanol–water partition coefficient (Wildman–Crippen LogP) is -0.194. The maximum Gasteiger partial charge on any atom is 0.234 e. The van der Waals surface area contributed by atoms with E-state index in [0.717, 1.165) is 6.54 Å². The normalized spacial score (nSPS) is 19.6. The van der Waals surface area contributed by atoms with Gasteiger partial charge in [-0.05, 0) is 39.9 Å². The van der Waals surface area contributed by atoms with Gasteiger partial charge in [-0.2, -0.15) is 0 Å². The number of hydrogen-bond acceptors (Lipinski definition) is 3. The van der Waals surface area contributed by atoms with Crippen LogP contribution < -0.4 is 10.6 Å². The Bertz CT molecular complexity index is 178. The Morgan fingerprint density at radius 3 is 2.64 bits per heavy atom. The summed E-state index contributed by atoms with van der Waals surface area (Å²) in [6.45, 7) is 5.82. The lowest BCUT2D eigenvalue weighted by Crippen LogP contribution is -2.43. The highest BCUT2D eigenvalue weighted by atomic mass is 16.1. The third-order valence-electron chi connectivity index (χ3n) is 2.48. The van der Waals surface area contributed by atoms with Crippen molar-refractivity contribution < 1.29 is 4.79 Å². The van der Waals surface area contributed by atoms with Crippen molar-refractivity contribution in [2.24, 2.45) is 0 Å². The lowest BCUT2D eigenvalue weighted by molar-refractivity contribution is -0.120. The highest BCUT2D eigenvalue weighted by Crippen LogP contribution is 2.07. The van der Waals surface area contributed by atoms with E-state index in [4.69, 9.17) is 0 Å². The lowest BCUT2D eigenvalue weighted by atomic mass is 10.3. The molecule has 1 aliphatic heterocycles. The van der Waals surface area contributed by atoms with E-state index >= 15 is 0 Å². The molecule has 82 valence electrons.